The summed E-state index contributed by atoms with van der Waals surface area (Å²) in [7, 11) is 0. The Balaban J connectivity index is 1.53. The molecule has 7 heteroatoms. The first-order valence-corrected chi connectivity index (χ1v) is 11.2. The Labute approximate surface area is 181 Å². The van der Waals surface area contributed by atoms with Crippen molar-refractivity contribution in [1.29, 1.82) is 0 Å². The third-order valence-corrected chi connectivity index (χ3v) is 6.27. The van der Waals surface area contributed by atoms with Gasteiger partial charge >= 0.3 is 0 Å². The number of anilines is 1. The second-order valence-electron chi connectivity index (χ2n) is 7.80. The lowest BCUT2D eigenvalue weighted by atomic mass is 10.1. The van der Waals surface area contributed by atoms with Crippen LogP contribution in [0.4, 0.5) is 5.69 Å². The van der Waals surface area contributed by atoms with Crippen molar-refractivity contribution in [3.8, 4) is 0 Å². The van der Waals surface area contributed by atoms with Gasteiger partial charge in [-0.1, -0.05) is 12.1 Å². The summed E-state index contributed by atoms with van der Waals surface area (Å²) < 4.78 is 5.38. The van der Waals surface area contributed by atoms with Gasteiger partial charge in [0.1, 0.15) is 5.70 Å². The fourth-order valence-electron chi connectivity index (χ4n) is 4.01. The molecule has 158 valence electrons. The number of thiophene rings is 1. The van der Waals surface area contributed by atoms with E-state index in [1.165, 1.54) is 16.2 Å². The first-order chi connectivity index (χ1) is 14.5. The van der Waals surface area contributed by atoms with E-state index < -0.39 is 0 Å². The second-order valence-corrected chi connectivity index (χ2v) is 8.75. The van der Waals surface area contributed by atoms with E-state index in [0.29, 0.717) is 17.8 Å². The van der Waals surface area contributed by atoms with E-state index in [-0.39, 0.29) is 11.8 Å². The molecule has 2 amide bonds. The molecule has 1 saturated heterocycles. The highest BCUT2D eigenvalue weighted by molar-refractivity contribution is 7.11. The lowest BCUT2D eigenvalue weighted by molar-refractivity contribution is -0.136. The van der Waals surface area contributed by atoms with Gasteiger partial charge in [-0.05, 0) is 55.0 Å². The van der Waals surface area contributed by atoms with E-state index in [9.17, 15) is 9.59 Å². The summed E-state index contributed by atoms with van der Waals surface area (Å²) in [5.74, 6) is -0.458. The van der Waals surface area contributed by atoms with Crippen molar-refractivity contribution >= 4 is 34.4 Å². The number of aryl methyl sites for hydroxylation is 2. The molecule has 1 aromatic heterocycles. The fraction of sp³-hybridized carbons (Fsp3) is 0.391. The number of imide groups is 1. The normalized spacial score (nSPS) is 17.9. The number of ether oxygens (including phenoxy) is 1. The van der Waals surface area contributed by atoms with Gasteiger partial charge in [0.25, 0.3) is 11.8 Å². The van der Waals surface area contributed by atoms with Gasteiger partial charge in [0, 0.05) is 36.7 Å². The quantitative estimate of drug-likeness (QED) is 0.690. The van der Waals surface area contributed by atoms with E-state index in [0.717, 1.165) is 61.0 Å². The van der Waals surface area contributed by atoms with Crippen LogP contribution >= 0.6 is 11.3 Å². The number of hydrogen-bond acceptors (Lipinski definition) is 6. The third kappa shape index (κ3) is 4.48. The molecule has 1 fully saturated rings. The number of rotatable bonds is 7. The minimum absolute atomic E-state index is 0.212. The number of carbonyl (C=O) groups excluding carboxylic acids is 2. The largest absolute Gasteiger partial charge is 0.379 e. The molecule has 2 aliphatic rings. The number of nitrogens with zero attached hydrogens (tertiary/aromatic N) is 2. The van der Waals surface area contributed by atoms with Crippen LogP contribution in [0, 0.1) is 13.8 Å². The van der Waals surface area contributed by atoms with Gasteiger partial charge in [0.2, 0.25) is 0 Å². The average molecular weight is 426 g/mol. The number of hydrogen-bond donors (Lipinski definition) is 1. The summed E-state index contributed by atoms with van der Waals surface area (Å²) >= 11 is 1.48. The van der Waals surface area contributed by atoms with E-state index >= 15 is 0 Å². The number of benzene rings is 1. The van der Waals surface area contributed by atoms with E-state index in [1.54, 1.807) is 0 Å². The van der Waals surface area contributed by atoms with Crippen molar-refractivity contribution in [1.82, 2.24) is 9.80 Å². The molecule has 0 spiro atoms. The van der Waals surface area contributed by atoms with Gasteiger partial charge in [-0.3, -0.25) is 19.4 Å². The molecule has 0 bridgehead atoms. The van der Waals surface area contributed by atoms with Crippen LogP contribution in [-0.2, 0) is 14.3 Å². The highest BCUT2D eigenvalue weighted by atomic mass is 32.1. The molecule has 1 aromatic carbocycles. The SMILES string of the molecule is Cc1cc(C)cc(NC2=C(c3cccs3)C(=O)N(CCCN3CCOCC3)C2=O)c1. The molecule has 2 aliphatic heterocycles. The minimum Gasteiger partial charge on any atom is -0.379 e. The van der Waals surface area contributed by atoms with Gasteiger partial charge < -0.3 is 10.1 Å². The first kappa shape index (κ1) is 20.8. The molecule has 0 atom stereocenters. The Morgan fingerprint density at radius 3 is 2.43 bits per heavy atom. The zero-order chi connectivity index (χ0) is 21.1. The Hall–Kier alpha value is -2.48. The zero-order valence-corrected chi connectivity index (χ0v) is 18.3. The minimum atomic E-state index is -0.246. The van der Waals surface area contributed by atoms with Gasteiger partial charge in [-0.2, -0.15) is 0 Å². The lowest BCUT2D eigenvalue weighted by Gasteiger charge is -2.27. The Morgan fingerprint density at radius 1 is 1.03 bits per heavy atom. The Bertz CT molecular complexity index is 942. The highest BCUT2D eigenvalue weighted by Gasteiger charge is 2.39. The van der Waals surface area contributed by atoms with Crippen LogP contribution in [0.15, 0.2) is 41.4 Å². The summed E-state index contributed by atoms with van der Waals surface area (Å²) in [4.78, 5) is 31.0. The van der Waals surface area contributed by atoms with Gasteiger partial charge in [0.15, 0.2) is 0 Å². The second kappa shape index (κ2) is 9.12. The van der Waals surface area contributed by atoms with Crippen LogP contribution in [-0.4, -0.2) is 61.0 Å². The fourth-order valence-corrected chi connectivity index (χ4v) is 4.78. The lowest BCUT2D eigenvalue weighted by Crippen LogP contribution is -2.39. The van der Waals surface area contributed by atoms with Crippen LogP contribution in [0.25, 0.3) is 5.57 Å². The molecule has 0 radical (unpaired) electrons. The van der Waals surface area contributed by atoms with Crippen LogP contribution in [0.2, 0.25) is 0 Å². The summed E-state index contributed by atoms with van der Waals surface area (Å²) in [6.07, 6.45) is 0.756. The van der Waals surface area contributed by atoms with E-state index in [4.69, 9.17) is 4.74 Å². The molecule has 0 saturated carbocycles. The summed E-state index contributed by atoms with van der Waals surface area (Å²) in [5.41, 5.74) is 3.89. The molecule has 2 aromatic rings. The van der Waals surface area contributed by atoms with Crippen LogP contribution in [0.5, 0.6) is 0 Å². The van der Waals surface area contributed by atoms with E-state index in [2.05, 4.69) is 16.3 Å². The zero-order valence-electron chi connectivity index (χ0n) is 17.4. The number of amides is 2. The molecular weight excluding hydrogens is 398 g/mol. The molecule has 6 nitrogen and oxygen atoms in total. The molecule has 1 N–H and O–H groups in total. The summed E-state index contributed by atoms with van der Waals surface area (Å²) in [6.45, 7) is 8.61. The van der Waals surface area contributed by atoms with E-state index in [1.807, 2.05) is 43.5 Å². The molecule has 30 heavy (non-hydrogen) atoms. The van der Waals surface area contributed by atoms with Crippen molar-refractivity contribution in [2.24, 2.45) is 0 Å². The predicted molar refractivity (Wildman–Crippen MR) is 119 cm³/mol. The smallest absolute Gasteiger partial charge is 0.278 e. The van der Waals surface area contributed by atoms with Crippen molar-refractivity contribution in [3.05, 3.63) is 57.4 Å². The van der Waals surface area contributed by atoms with Gasteiger partial charge in [0.05, 0.1) is 18.8 Å². The van der Waals surface area contributed by atoms with Gasteiger partial charge in [-0.15, -0.1) is 11.3 Å². The van der Waals surface area contributed by atoms with Crippen molar-refractivity contribution in [3.63, 3.8) is 0 Å². The van der Waals surface area contributed by atoms with Crippen LogP contribution in [0.3, 0.4) is 0 Å². The maximum atomic E-state index is 13.2. The first-order valence-electron chi connectivity index (χ1n) is 10.3. The highest BCUT2D eigenvalue weighted by Crippen LogP contribution is 2.33. The molecule has 0 unspecified atom stereocenters. The maximum Gasteiger partial charge on any atom is 0.278 e. The molecule has 4 rings (SSSR count). The van der Waals surface area contributed by atoms with Crippen LogP contribution in [0.1, 0.15) is 22.4 Å². The predicted octanol–water partition coefficient (Wildman–Crippen LogP) is 3.28. The molecule has 0 aliphatic carbocycles. The van der Waals surface area contributed by atoms with Gasteiger partial charge in [-0.25, -0.2) is 0 Å². The Morgan fingerprint density at radius 2 is 1.77 bits per heavy atom. The number of morpholine rings is 1. The van der Waals surface area contributed by atoms with Crippen molar-refractivity contribution < 1.29 is 14.3 Å². The third-order valence-electron chi connectivity index (χ3n) is 5.39. The van der Waals surface area contributed by atoms with Crippen molar-refractivity contribution in [2.45, 2.75) is 20.3 Å². The Kier molecular flexibility index (Phi) is 6.32. The van der Waals surface area contributed by atoms with Crippen molar-refractivity contribution in [2.75, 3.05) is 44.7 Å². The maximum absolute atomic E-state index is 13.2. The topological polar surface area (TPSA) is 61.9 Å². The summed E-state index contributed by atoms with van der Waals surface area (Å²) in [5, 5.41) is 5.18. The number of carbonyl (C=O) groups is 2. The average Bonchev–Trinajstić information content (AvgIpc) is 3.31. The van der Waals surface area contributed by atoms with Crippen LogP contribution < -0.4 is 5.32 Å². The molecule has 3 heterocycles. The molecular formula is C23H27N3O3S. The standard InChI is InChI=1S/C23H27N3O3S/c1-16-13-17(2)15-18(14-16)24-21-20(19-5-3-12-30-19)22(27)26(23(21)28)7-4-6-25-8-10-29-11-9-25/h3,5,12-15,24H,4,6-11H2,1-2H3. The number of nitrogens with one attached hydrogen (secondary N) is 1. The summed E-state index contributed by atoms with van der Waals surface area (Å²) in [6, 6.07) is 9.86. The monoisotopic (exact) mass is 425 g/mol.